The maximum Gasteiger partial charge on any atom is 0.339 e. The van der Waals surface area contributed by atoms with E-state index in [2.05, 4.69) is 21.2 Å². The molecule has 0 aliphatic heterocycles. The number of hydrogen-bond donors (Lipinski definition) is 2. The lowest BCUT2D eigenvalue weighted by Crippen LogP contribution is -2.35. The second kappa shape index (κ2) is 7.13. The van der Waals surface area contributed by atoms with Crippen LogP contribution >= 0.6 is 15.9 Å². The molecule has 0 saturated heterocycles. The van der Waals surface area contributed by atoms with Crippen molar-refractivity contribution in [1.82, 2.24) is 5.32 Å². The summed E-state index contributed by atoms with van der Waals surface area (Å²) >= 11 is 3.23. The Balaban J connectivity index is 2.69. The molecule has 0 fully saturated rings. The minimum absolute atomic E-state index is 0.0274. The van der Waals surface area contributed by atoms with Crippen LogP contribution in [0.4, 0.5) is 0 Å². The fraction of sp³-hybridized carbons (Fsp3) is 0.385. The molecule has 1 unspecified atom stereocenters. The summed E-state index contributed by atoms with van der Waals surface area (Å²) < 4.78 is 5.95. The number of benzene rings is 1. The average Bonchev–Trinajstić information content (AvgIpc) is 2.35. The van der Waals surface area contributed by atoms with Crippen molar-refractivity contribution in [3.05, 3.63) is 28.2 Å². The molecular weight excluding hydrogens is 314 g/mol. The highest BCUT2D eigenvalue weighted by Gasteiger charge is 2.13. The van der Waals surface area contributed by atoms with Gasteiger partial charge in [0.15, 0.2) is 6.61 Å². The zero-order chi connectivity index (χ0) is 14.4. The molecule has 1 atom stereocenters. The van der Waals surface area contributed by atoms with Crippen LogP contribution in [-0.4, -0.2) is 29.6 Å². The molecule has 6 heteroatoms. The fourth-order valence-corrected chi connectivity index (χ4v) is 1.69. The molecule has 0 aromatic heterocycles. The molecule has 1 amide bonds. The van der Waals surface area contributed by atoms with Gasteiger partial charge in [0.2, 0.25) is 0 Å². The SMILES string of the molecule is CCC(C)NC(=O)COc1cc(Br)ccc1C(=O)O. The van der Waals surface area contributed by atoms with E-state index < -0.39 is 5.97 Å². The van der Waals surface area contributed by atoms with Crippen molar-refractivity contribution in [2.24, 2.45) is 0 Å². The van der Waals surface area contributed by atoms with Crippen LogP contribution in [0.15, 0.2) is 22.7 Å². The minimum Gasteiger partial charge on any atom is -0.483 e. The number of hydrogen-bond acceptors (Lipinski definition) is 3. The van der Waals surface area contributed by atoms with E-state index in [9.17, 15) is 9.59 Å². The Bertz CT molecular complexity index is 476. The van der Waals surface area contributed by atoms with Crippen LogP contribution in [0.3, 0.4) is 0 Å². The summed E-state index contributed by atoms with van der Waals surface area (Å²) in [5.74, 6) is -1.20. The molecular formula is C13H16BrNO4. The highest BCUT2D eigenvalue weighted by Crippen LogP contribution is 2.23. The molecule has 0 bridgehead atoms. The maximum atomic E-state index is 11.6. The Kier molecular flexibility index (Phi) is 5.82. The van der Waals surface area contributed by atoms with Crippen LogP contribution in [-0.2, 0) is 4.79 Å². The number of ether oxygens (including phenoxy) is 1. The Labute approximate surface area is 120 Å². The molecule has 1 aromatic carbocycles. The number of aromatic carboxylic acids is 1. The number of carbonyl (C=O) groups is 2. The number of rotatable bonds is 6. The van der Waals surface area contributed by atoms with E-state index in [1.165, 1.54) is 12.1 Å². The molecule has 2 N–H and O–H groups in total. The highest BCUT2D eigenvalue weighted by molar-refractivity contribution is 9.10. The van der Waals surface area contributed by atoms with Crippen molar-refractivity contribution >= 4 is 27.8 Å². The van der Waals surface area contributed by atoms with Gasteiger partial charge in [-0.3, -0.25) is 4.79 Å². The van der Waals surface area contributed by atoms with Gasteiger partial charge in [-0.2, -0.15) is 0 Å². The Morgan fingerprint density at radius 1 is 1.47 bits per heavy atom. The largest absolute Gasteiger partial charge is 0.483 e. The van der Waals surface area contributed by atoms with Gasteiger partial charge in [-0.05, 0) is 31.5 Å². The molecule has 0 aliphatic rings. The standard InChI is InChI=1S/C13H16BrNO4/c1-3-8(2)15-12(16)7-19-11-6-9(14)4-5-10(11)13(17)18/h4-6,8H,3,7H2,1-2H3,(H,15,16)(H,17,18). The van der Waals surface area contributed by atoms with E-state index in [1.807, 2.05) is 13.8 Å². The van der Waals surface area contributed by atoms with Gasteiger partial charge in [-0.1, -0.05) is 22.9 Å². The second-order valence-electron chi connectivity index (χ2n) is 4.11. The number of nitrogens with one attached hydrogen (secondary N) is 1. The summed E-state index contributed by atoms with van der Waals surface area (Å²) in [6.07, 6.45) is 0.822. The Morgan fingerprint density at radius 3 is 2.74 bits per heavy atom. The zero-order valence-corrected chi connectivity index (χ0v) is 12.4. The molecule has 0 saturated carbocycles. The number of amides is 1. The number of carbonyl (C=O) groups excluding carboxylic acids is 1. The average molecular weight is 330 g/mol. The molecule has 0 spiro atoms. The summed E-state index contributed by atoms with van der Waals surface area (Å²) in [7, 11) is 0. The Hall–Kier alpha value is -1.56. The second-order valence-corrected chi connectivity index (χ2v) is 5.03. The summed E-state index contributed by atoms with van der Waals surface area (Å²) in [6.45, 7) is 3.64. The summed E-state index contributed by atoms with van der Waals surface area (Å²) in [6, 6.07) is 4.63. The van der Waals surface area contributed by atoms with E-state index in [0.717, 1.165) is 6.42 Å². The maximum absolute atomic E-state index is 11.6. The number of carboxylic acids is 1. The van der Waals surface area contributed by atoms with Crippen molar-refractivity contribution in [3.63, 3.8) is 0 Å². The predicted octanol–water partition coefficient (Wildman–Crippen LogP) is 2.44. The van der Waals surface area contributed by atoms with Crippen molar-refractivity contribution < 1.29 is 19.4 Å². The predicted molar refractivity (Wildman–Crippen MR) is 74.5 cm³/mol. The first-order valence-electron chi connectivity index (χ1n) is 5.89. The van der Waals surface area contributed by atoms with Crippen LogP contribution in [0.1, 0.15) is 30.6 Å². The lowest BCUT2D eigenvalue weighted by Gasteiger charge is -2.13. The van der Waals surface area contributed by atoms with E-state index in [4.69, 9.17) is 9.84 Å². The fourth-order valence-electron chi connectivity index (χ4n) is 1.35. The van der Waals surface area contributed by atoms with Gasteiger partial charge in [-0.25, -0.2) is 4.79 Å². The first kappa shape index (κ1) is 15.5. The molecule has 5 nitrogen and oxygen atoms in total. The van der Waals surface area contributed by atoms with Crippen molar-refractivity contribution in [1.29, 1.82) is 0 Å². The normalized spacial score (nSPS) is 11.7. The van der Waals surface area contributed by atoms with Gasteiger partial charge >= 0.3 is 5.97 Å². The number of halogens is 1. The lowest BCUT2D eigenvalue weighted by atomic mass is 10.2. The van der Waals surface area contributed by atoms with Crippen LogP contribution in [0.2, 0.25) is 0 Å². The first-order valence-corrected chi connectivity index (χ1v) is 6.68. The summed E-state index contributed by atoms with van der Waals surface area (Å²) in [5, 5.41) is 11.7. The number of carboxylic acid groups (broad SMARTS) is 1. The lowest BCUT2D eigenvalue weighted by molar-refractivity contribution is -0.123. The van der Waals surface area contributed by atoms with Gasteiger partial charge in [0.05, 0.1) is 0 Å². The van der Waals surface area contributed by atoms with Crippen molar-refractivity contribution in [2.45, 2.75) is 26.3 Å². The van der Waals surface area contributed by atoms with E-state index >= 15 is 0 Å². The smallest absolute Gasteiger partial charge is 0.339 e. The van der Waals surface area contributed by atoms with Gasteiger partial charge in [0.1, 0.15) is 11.3 Å². The molecule has 0 heterocycles. The van der Waals surface area contributed by atoms with Crippen LogP contribution in [0.5, 0.6) is 5.75 Å². The van der Waals surface area contributed by atoms with E-state index in [-0.39, 0.29) is 29.9 Å². The molecule has 104 valence electrons. The summed E-state index contributed by atoms with van der Waals surface area (Å²) in [4.78, 5) is 22.6. The third kappa shape index (κ3) is 4.90. The van der Waals surface area contributed by atoms with Crippen LogP contribution < -0.4 is 10.1 Å². The quantitative estimate of drug-likeness (QED) is 0.840. The highest BCUT2D eigenvalue weighted by atomic mass is 79.9. The molecule has 0 radical (unpaired) electrons. The minimum atomic E-state index is -1.09. The molecule has 1 aromatic rings. The van der Waals surface area contributed by atoms with Gasteiger partial charge in [0.25, 0.3) is 5.91 Å². The third-order valence-electron chi connectivity index (χ3n) is 2.55. The van der Waals surface area contributed by atoms with Gasteiger partial charge < -0.3 is 15.2 Å². The van der Waals surface area contributed by atoms with Gasteiger partial charge in [-0.15, -0.1) is 0 Å². The molecule has 19 heavy (non-hydrogen) atoms. The monoisotopic (exact) mass is 329 g/mol. The van der Waals surface area contributed by atoms with Crippen molar-refractivity contribution in [2.75, 3.05) is 6.61 Å². The molecule has 0 aliphatic carbocycles. The van der Waals surface area contributed by atoms with Gasteiger partial charge in [0, 0.05) is 10.5 Å². The van der Waals surface area contributed by atoms with Crippen molar-refractivity contribution in [3.8, 4) is 5.75 Å². The zero-order valence-electron chi connectivity index (χ0n) is 10.8. The van der Waals surface area contributed by atoms with E-state index in [1.54, 1.807) is 6.07 Å². The van der Waals surface area contributed by atoms with Crippen LogP contribution in [0, 0.1) is 0 Å². The van der Waals surface area contributed by atoms with Crippen LogP contribution in [0.25, 0.3) is 0 Å². The Morgan fingerprint density at radius 2 is 2.16 bits per heavy atom. The topological polar surface area (TPSA) is 75.6 Å². The third-order valence-corrected chi connectivity index (χ3v) is 3.05. The van der Waals surface area contributed by atoms with E-state index in [0.29, 0.717) is 4.47 Å². The molecule has 1 rings (SSSR count). The summed E-state index contributed by atoms with van der Waals surface area (Å²) in [5.41, 5.74) is 0.0274. The first-order chi connectivity index (χ1) is 8.93.